The first-order valence-corrected chi connectivity index (χ1v) is 6.32. The summed E-state index contributed by atoms with van der Waals surface area (Å²) >= 11 is 0. The van der Waals surface area contributed by atoms with Crippen LogP contribution in [0.5, 0.6) is 5.88 Å². The van der Waals surface area contributed by atoms with Crippen molar-refractivity contribution in [2.45, 2.75) is 26.2 Å². The number of pyridine rings is 1. The van der Waals surface area contributed by atoms with Crippen molar-refractivity contribution in [2.24, 2.45) is 0 Å². The predicted molar refractivity (Wildman–Crippen MR) is 71.0 cm³/mol. The van der Waals surface area contributed by atoms with E-state index in [-0.39, 0.29) is 18.8 Å². The highest BCUT2D eigenvalue weighted by atomic mass is 19.4. The third-order valence-electron chi connectivity index (χ3n) is 2.86. The summed E-state index contributed by atoms with van der Waals surface area (Å²) in [6.45, 7) is 1.90. The molecule has 0 aromatic carbocycles. The lowest BCUT2D eigenvalue weighted by atomic mass is 10.3. The number of nitrogens with one attached hydrogen (secondary N) is 1. The minimum atomic E-state index is -4.46. The number of ether oxygens (including phenoxy) is 1. The average Bonchev–Trinajstić information content (AvgIpc) is 2.88. The van der Waals surface area contributed by atoms with Crippen molar-refractivity contribution < 1.29 is 17.9 Å². The number of nitrogens with zero attached hydrogens (tertiary/aromatic N) is 3. The van der Waals surface area contributed by atoms with Gasteiger partial charge in [0.1, 0.15) is 0 Å². The zero-order valence-corrected chi connectivity index (χ0v) is 11.6. The Morgan fingerprint density at radius 1 is 1.33 bits per heavy atom. The average molecular weight is 300 g/mol. The second-order valence-electron chi connectivity index (χ2n) is 4.25. The highest BCUT2D eigenvalue weighted by Gasteiger charge is 2.38. The topological polar surface area (TPSA) is 52.0 Å². The third-order valence-corrected chi connectivity index (χ3v) is 2.86. The van der Waals surface area contributed by atoms with Crippen LogP contribution in [0.2, 0.25) is 0 Å². The number of rotatable bonds is 5. The second kappa shape index (κ2) is 6.02. The molecule has 5 nitrogen and oxygen atoms in total. The molecule has 0 unspecified atom stereocenters. The molecule has 1 N–H and O–H groups in total. The zero-order valence-electron chi connectivity index (χ0n) is 11.6. The maximum atomic E-state index is 13.0. The fourth-order valence-electron chi connectivity index (χ4n) is 1.91. The van der Waals surface area contributed by atoms with E-state index in [1.165, 1.54) is 13.3 Å². The van der Waals surface area contributed by atoms with Gasteiger partial charge in [0.2, 0.25) is 5.88 Å². The van der Waals surface area contributed by atoms with Gasteiger partial charge in [0.15, 0.2) is 5.69 Å². The molecule has 0 saturated carbocycles. The number of anilines is 1. The SMILES string of the molecule is CCn1ncc(NCc2cccc(OC)n2)c1C(F)(F)F. The lowest BCUT2D eigenvalue weighted by Crippen LogP contribution is -2.16. The van der Waals surface area contributed by atoms with Crippen LogP contribution in [0.4, 0.5) is 18.9 Å². The minimum absolute atomic E-state index is 0.0611. The van der Waals surface area contributed by atoms with Crippen molar-refractivity contribution in [3.63, 3.8) is 0 Å². The van der Waals surface area contributed by atoms with Gasteiger partial charge in [-0.3, -0.25) is 4.68 Å². The first-order chi connectivity index (χ1) is 9.95. The molecule has 2 rings (SSSR count). The summed E-state index contributed by atoms with van der Waals surface area (Å²) in [5.74, 6) is 0.412. The van der Waals surface area contributed by atoms with E-state index in [4.69, 9.17) is 4.74 Å². The maximum absolute atomic E-state index is 13.0. The van der Waals surface area contributed by atoms with Crippen LogP contribution in [0.1, 0.15) is 18.3 Å². The summed E-state index contributed by atoms with van der Waals surface area (Å²) in [5, 5.41) is 6.46. The number of hydrogen-bond donors (Lipinski definition) is 1. The van der Waals surface area contributed by atoms with Gasteiger partial charge < -0.3 is 10.1 Å². The normalized spacial score (nSPS) is 11.5. The van der Waals surface area contributed by atoms with Crippen molar-refractivity contribution in [1.29, 1.82) is 0 Å². The lowest BCUT2D eigenvalue weighted by Gasteiger charge is -2.12. The highest BCUT2D eigenvalue weighted by Crippen LogP contribution is 2.34. The zero-order chi connectivity index (χ0) is 15.5. The van der Waals surface area contributed by atoms with E-state index in [2.05, 4.69) is 15.4 Å². The number of aryl methyl sites for hydroxylation is 1. The Bertz CT molecular complexity index is 610. The molecule has 0 amide bonds. The lowest BCUT2D eigenvalue weighted by molar-refractivity contribution is -0.143. The molecule has 0 saturated heterocycles. The summed E-state index contributed by atoms with van der Waals surface area (Å²) < 4.78 is 45.0. The summed E-state index contributed by atoms with van der Waals surface area (Å²) in [6.07, 6.45) is -3.29. The van der Waals surface area contributed by atoms with Crippen LogP contribution in [0.3, 0.4) is 0 Å². The Labute approximate surface area is 119 Å². The summed E-state index contributed by atoms with van der Waals surface area (Å²) in [6, 6.07) is 5.09. The van der Waals surface area contributed by atoms with Crippen molar-refractivity contribution in [2.75, 3.05) is 12.4 Å². The van der Waals surface area contributed by atoms with Crippen LogP contribution >= 0.6 is 0 Å². The molecule has 0 aliphatic carbocycles. The highest BCUT2D eigenvalue weighted by molar-refractivity contribution is 5.48. The molecule has 0 aliphatic heterocycles. The molecule has 0 radical (unpaired) electrons. The molecular weight excluding hydrogens is 285 g/mol. The van der Waals surface area contributed by atoms with E-state index in [1.807, 2.05) is 0 Å². The van der Waals surface area contributed by atoms with Gasteiger partial charge >= 0.3 is 6.18 Å². The number of methoxy groups -OCH3 is 1. The van der Waals surface area contributed by atoms with Crippen LogP contribution < -0.4 is 10.1 Å². The van der Waals surface area contributed by atoms with Gasteiger partial charge in [-0.2, -0.15) is 18.3 Å². The van der Waals surface area contributed by atoms with E-state index in [0.29, 0.717) is 11.6 Å². The van der Waals surface area contributed by atoms with E-state index in [0.717, 1.165) is 4.68 Å². The Morgan fingerprint density at radius 3 is 2.71 bits per heavy atom. The molecule has 114 valence electrons. The van der Waals surface area contributed by atoms with E-state index in [9.17, 15) is 13.2 Å². The molecule has 2 aromatic rings. The predicted octanol–water partition coefficient (Wildman–Crippen LogP) is 2.94. The van der Waals surface area contributed by atoms with E-state index < -0.39 is 11.9 Å². The summed E-state index contributed by atoms with van der Waals surface area (Å²) in [7, 11) is 1.48. The summed E-state index contributed by atoms with van der Waals surface area (Å²) in [5.41, 5.74) is -0.270. The molecule has 8 heteroatoms. The van der Waals surface area contributed by atoms with Crippen LogP contribution in [0, 0.1) is 0 Å². The van der Waals surface area contributed by atoms with Crippen LogP contribution in [0.15, 0.2) is 24.4 Å². The van der Waals surface area contributed by atoms with Crippen LogP contribution in [0.25, 0.3) is 0 Å². The molecule has 0 spiro atoms. The van der Waals surface area contributed by atoms with Gasteiger partial charge in [-0.15, -0.1) is 0 Å². The van der Waals surface area contributed by atoms with E-state index in [1.54, 1.807) is 25.1 Å². The van der Waals surface area contributed by atoms with E-state index >= 15 is 0 Å². The molecule has 0 atom stereocenters. The van der Waals surface area contributed by atoms with Crippen molar-refractivity contribution in [3.05, 3.63) is 35.8 Å². The number of alkyl halides is 3. The summed E-state index contributed by atoms with van der Waals surface area (Å²) in [4.78, 5) is 4.13. The standard InChI is InChI=1S/C13H15F3N4O/c1-3-20-12(13(14,15)16)10(8-18-20)17-7-9-5-4-6-11(19-9)21-2/h4-6,8,17H,3,7H2,1-2H3. The van der Waals surface area contributed by atoms with Crippen molar-refractivity contribution in [3.8, 4) is 5.88 Å². The van der Waals surface area contributed by atoms with Crippen LogP contribution in [-0.4, -0.2) is 21.9 Å². The first kappa shape index (κ1) is 15.1. The fraction of sp³-hybridized carbons (Fsp3) is 0.385. The van der Waals surface area contributed by atoms with Gasteiger partial charge in [-0.25, -0.2) is 4.98 Å². The largest absolute Gasteiger partial charge is 0.481 e. The fourth-order valence-corrected chi connectivity index (χ4v) is 1.91. The first-order valence-electron chi connectivity index (χ1n) is 6.32. The third kappa shape index (κ3) is 3.45. The Morgan fingerprint density at radius 2 is 2.10 bits per heavy atom. The van der Waals surface area contributed by atoms with Gasteiger partial charge in [-0.05, 0) is 13.0 Å². The van der Waals surface area contributed by atoms with Gasteiger partial charge in [0, 0.05) is 12.6 Å². The molecule has 0 aliphatic rings. The molecule has 21 heavy (non-hydrogen) atoms. The minimum Gasteiger partial charge on any atom is -0.481 e. The molecule has 0 fully saturated rings. The Hall–Kier alpha value is -2.25. The molecule has 0 bridgehead atoms. The Kier molecular flexibility index (Phi) is 4.35. The smallest absolute Gasteiger partial charge is 0.435 e. The molecular formula is C13H15F3N4O. The van der Waals surface area contributed by atoms with Crippen molar-refractivity contribution >= 4 is 5.69 Å². The number of halogens is 3. The number of aromatic nitrogens is 3. The second-order valence-corrected chi connectivity index (χ2v) is 4.25. The van der Waals surface area contributed by atoms with Gasteiger partial charge in [0.25, 0.3) is 0 Å². The monoisotopic (exact) mass is 300 g/mol. The van der Waals surface area contributed by atoms with Crippen molar-refractivity contribution in [1.82, 2.24) is 14.8 Å². The molecule has 2 aromatic heterocycles. The van der Waals surface area contributed by atoms with Crippen LogP contribution in [-0.2, 0) is 19.3 Å². The maximum Gasteiger partial charge on any atom is 0.435 e. The Balaban J connectivity index is 2.18. The molecule has 2 heterocycles. The van der Waals surface area contributed by atoms with Gasteiger partial charge in [0.05, 0.1) is 31.2 Å². The number of hydrogen-bond acceptors (Lipinski definition) is 4. The van der Waals surface area contributed by atoms with Gasteiger partial charge in [-0.1, -0.05) is 6.07 Å². The quantitative estimate of drug-likeness (QED) is 0.922.